The Bertz CT molecular complexity index is 1400. The number of aromatic nitrogens is 1. The molecule has 0 saturated carbocycles. The molecule has 1 aromatic heterocycles. The van der Waals surface area contributed by atoms with Crippen molar-refractivity contribution in [2.45, 2.75) is 46.1 Å². The van der Waals surface area contributed by atoms with Gasteiger partial charge >= 0.3 is 0 Å². The van der Waals surface area contributed by atoms with E-state index in [4.69, 9.17) is 0 Å². The number of amides is 2. The summed E-state index contributed by atoms with van der Waals surface area (Å²) in [5.74, 6) is 0.159. The zero-order valence-electron chi connectivity index (χ0n) is 22.6. The maximum absolute atomic E-state index is 13.8. The molecule has 5 nitrogen and oxygen atoms in total. The highest BCUT2D eigenvalue weighted by Crippen LogP contribution is 2.38. The molecular weight excluding hydrogens is 470 g/mol. The van der Waals surface area contributed by atoms with E-state index in [0.29, 0.717) is 26.1 Å². The van der Waals surface area contributed by atoms with Gasteiger partial charge in [0, 0.05) is 48.1 Å². The molecule has 1 N–H and O–H groups in total. The van der Waals surface area contributed by atoms with Crippen molar-refractivity contribution in [3.8, 4) is 0 Å². The molecule has 1 aliphatic rings. The minimum atomic E-state index is -0.503. The molecule has 2 heterocycles. The van der Waals surface area contributed by atoms with Gasteiger partial charge in [-0.3, -0.25) is 9.59 Å². The van der Waals surface area contributed by atoms with E-state index in [-0.39, 0.29) is 17.9 Å². The average molecular weight is 508 g/mol. The second-order valence-corrected chi connectivity index (χ2v) is 11.2. The molecule has 1 atom stereocenters. The summed E-state index contributed by atoms with van der Waals surface area (Å²) >= 11 is 0. The summed E-state index contributed by atoms with van der Waals surface area (Å²) in [6.45, 7) is 7.51. The van der Waals surface area contributed by atoms with Crippen molar-refractivity contribution in [1.82, 2.24) is 14.8 Å². The Kier molecular flexibility index (Phi) is 7.37. The number of H-pyrrole nitrogens is 1. The normalized spacial score (nSPS) is 15.3. The summed E-state index contributed by atoms with van der Waals surface area (Å²) in [6, 6.07) is 28.7. The molecule has 5 heteroatoms. The molecule has 1 aliphatic heterocycles. The van der Waals surface area contributed by atoms with E-state index in [1.807, 2.05) is 73.0 Å². The Labute approximate surface area is 225 Å². The van der Waals surface area contributed by atoms with Gasteiger partial charge in [0.1, 0.15) is 0 Å². The Morgan fingerprint density at radius 2 is 1.55 bits per heavy atom. The average Bonchev–Trinajstić information content (AvgIpc) is 3.31. The van der Waals surface area contributed by atoms with Crippen LogP contribution < -0.4 is 0 Å². The number of hydrogen-bond acceptors (Lipinski definition) is 2. The van der Waals surface area contributed by atoms with E-state index >= 15 is 0 Å². The van der Waals surface area contributed by atoms with E-state index in [0.717, 1.165) is 29.6 Å². The second-order valence-electron chi connectivity index (χ2n) is 11.2. The van der Waals surface area contributed by atoms with Crippen molar-refractivity contribution in [2.24, 2.45) is 5.41 Å². The summed E-state index contributed by atoms with van der Waals surface area (Å²) in [7, 11) is 0. The van der Waals surface area contributed by atoms with Crippen LogP contribution in [-0.2, 0) is 22.4 Å². The van der Waals surface area contributed by atoms with E-state index in [1.165, 1.54) is 16.5 Å². The highest BCUT2D eigenvalue weighted by atomic mass is 16.2. The van der Waals surface area contributed by atoms with Crippen LogP contribution in [0.1, 0.15) is 55.6 Å². The zero-order chi connectivity index (χ0) is 26.7. The molecule has 1 unspecified atom stereocenters. The third-order valence-electron chi connectivity index (χ3n) is 7.51. The van der Waals surface area contributed by atoms with E-state index in [1.54, 1.807) is 0 Å². The van der Waals surface area contributed by atoms with Gasteiger partial charge in [-0.05, 0) is 35.6 Å². The second kappa shape index (κ2) is 10.9. The van der Waals surface area contributed by atoms with Crippen LogP contribution in [0.15, 0.2) is 84.9 Å². The molecule has 38 heavy (non-hydrogen) atoms. The predicted molar refractivity (Wildman–Crippen MR) is 153 cm³/mol. The lowest BCUT2D eigenvalue weighted by Gasteiger charge is -2.37. The van der Waals surface area contributed by atoms with E-state index in [2.05, 4.69) is 47.4 Å². The van der Waals surface area contributed by atoms with Gasteiger partial charge in [0.2, 0.25) is 11.8 Å². The molecule has 0 saturated heterocycles. The number of nitrogens with one attached hydrogen (secondary N) is 1. The fourth-order valence-electron chi connectivity index (χ4n) is 5.56. The lowest BCUT2D eigenvalue weighted by molar-refractivity contribution is -0.141. The fourth-order valence-corrected chi connectivity index (χ4v) is 5.56. The van der Waals surface area contributed by atoms with Gasteiger partial charge in [-0.1, -0.05) is 99.6 Å². The number of carbonyl (C=O) groups excluding carboxylic acids is 2. The third-order valence-corrected chi connectivity index (χ3v) is 7.51. The van der Waals surface area contributed by atoms with Gasteiger partial charge in [-0.2, -0.15) is 0 Å². The third kappa shape index (κ3) is 5.38. The molecule has 196 valence electrons. The monoisotopic (exact) mass is 507 g/mol. The SMILES string of the molecule is CC(C)(C)C(=O)N(CCC(=O)N1CCc2c([nH]c3ccccc23)C1c1ccccc1)CCc1ccccc1. The summed E-state index contributed by atoms with van der Waals surface area (Å²) in [4.78, 5) is 34.7. The van der Waals surface area contributed by atoms with Gasteiger partial charge in [0.05, 0.1) is 6.04 Å². The van der Waals surface area contributed by atoms with Crippen LogP contribution in [0, 0.1) is 5.41 Å². The van der Waals surface area contributed by atoms with Gasteiger partial charge in [0.25, 0.3) is 0 Å². The van der Waals surface area contributed by atoms with Crippen molar-refractivity contribution in [3.63, 3.8) is 0 Å². The van der Waals surface area contributed by atoms with Crippen LogP contribution in [0.3, 0.4) is 0 Å². The molecule has 0 fully saturated rings. The predicted octanol–water partition coefficient (Wildman–Crippen LogP) is 6.15. The lowest BCUT2D eigenvalue weighted by Crippen LogP contribution is -2.45. The molecule has 0 aliphatic carbocycles. The van der Waals surface area contributed by atoms with Crippen molar-refractivity contribution in [3.05, 3.63) is 107 Å². The largest absolute Gasteiger partial charge is 0.356 e. The number of fused-ring (bicyclic) bond motifs is 3. The Morgan fingerprint density at radius 1 is 0.895 bits per heavy atom. The van der Waals surface area contributed by atoms with Crippen molar-refractivity contribution >= 4 is 22.7 Å². The number of para-hydroxylation sites is 1. The fraction of sp³-hybridized carbons (Fsp3) is 0.333. The molecule has 2 amide bonds. The minimum Gasteiger partial charge on any atom is -0.356 e. The first-order valence-electron chi connectivity index (χ1n) is 13.6. The molecule has 0 bridgehead atoms. The van der Waals surface area contributed by atoms with E-state index < -0.39 is 5.41 Å². The van der Waals surface area contributed by atoms with Crippen LogP contribution in [0.4, 0.5) is 0 Å². The molecular formula is C33H37N3O2. The number of carbonyl (C=O) groups is 2. The van der Waals surface area contributed by atoms with Crippen LogP contribution in [0.5, 0.6) is 0 Å². The first-order chi connectivity index (χ1) is 18.3. The summed E-state index contributed by atoms with van der Waals surface area (Å²) < 4.78 is 0. The molecule has 4 aromatic rings. The summed E-state index contributed by atoms with van der Waals surface area (Å²) in [5.41, 5.74) is 5.29. The standard InChI is InChI=1S/C33H37N3O2/c1-33(2,3)32(38)35(21-18-24-12-6-4-7-13-24)22-20-29(37)36-23-19-27-26-16-10-11-17-28(26)34-30(27)31(36)25-14-8-5-9-15-25/h4-17,31,34H,18-23H2,1-3H3. The number of rotatable bonds is 7. The van der Waals surface area contributed by atoms with Crippen LogP contribution in [0.2, 0.25) is 0 Å². The van der Waals surface area contributed by atoms with Crippen molar-refractivity contribution in [2.75, 3.05) is 19.6 Å². The van der Waals surface area contributed by atoms with Crippen molar-refractivity contribution in [1.29, 1.82) is 0 Å². The Balaban J connectivity index is 1.38. The maximum atomic E-state index is 13.8. The topological polar surface area (TPSA) is 56.4 Å². The minimum absolute atomic E-state index is 0.0783. The van der Waals surface area contributed by atoms with Gasteiger partial charge in [0.15, 0.2) is 0 Å². The Hall–Kier alpha value is -3.86. The summed E-state index contributed by atoms with van der Waals surface area (Å²) in [6.07, 6.45) is 1.88. The molecule has 0 spiro atoms. The van der Waals surface area contributed by atoms with Crippen molar-refractivity contribution < 1.29 is 9.59 Å². The maximum Gasteiger partial charge on any atom is 0.227 e. The van der Waals surface area contributed by atoms with E-state index in [9.17, 15) is 9.59 Å². The molecule has 0 radical (unpaired) electrons. The van der Waals surface area contributed by atoms with Gasteiger partial charge in [-0.15, -0.1) is 0 Å². The number of benzene rings is 3. The number of nitrogens with zero attached hydrogens (tertiary/aromatic N) is 2. The molecule has 3 aromatic carbocycles. The lowest BCUT2D eigenvalue weighted by atomic mass is 9.92. The molecule has 5 rings (SSSR count). The zero-order valence-corrected chi connectivity index (χ0v) is 22.6. The number of aromatic amines is 1. The highest BCUT2D eigenvalue weighted by molar-refractivity contribution is 5.87. The van der Waals surface area contributed by atoms with Gasteiger partial charge in [-0.25, -0.2) is 0 Å². The first-order valence-corrected chi connectivity index (χ1v) is 13.6. The van der Waals surface area contributed by atoms with Crippen LogP contribution >= 0.6 is 0 Å². The highest BCUT2D eigenvalue weighted by Gasteiger charge is 2.35. The Morgan fingerprint density at radius 3 is 2.26 bits per heavy atom. The van der Waals surface area contributed by atoms with Gasteiger partial charge < -0.3 is 14.8 Å². The number of hydrogen-bond donors (Lipinski definition) is 1. The summed E-state index contributed by atoms with van der Waals surface area (Å²) in [5, 5.41) is 1.23. The smallest absolute Gasteiger partial charge is 0.227 e. The first kappa shape index (κ1) is 25.8. The quantitative estimate of drug-likeness (QED) is 0.326. The van der Waals surface area contributed by atoms with Crippen LogP contribution in [0.25, 0.3) is 10.9 Å². The van der Waals surface area contributed by atoms with Crippen LogP contribution in [-0.4, -0.2) is 46.2 Å².